The molecule has 2 N–H and O–H groups in total. The van der Waals surface area contributed by atoms with Gasteiger partial charge in [-0.05, 0) is 66.9 Å². The van der Waals surface area contributed by atoms with E-state index in [0.717, 1.165) is 16.8 Å². The molecule has 0 spiro atoms. The first kappa shape index (κ1) is 18.0. The number of aryl methyl sites for hydroxylation is 1. The van der Waals surface area contributed by atoms with Crippen LogP contribution in [0.5, 0.6) is 0 Å². The van der Waals surface area contributed by atoms with E-state index in [1.54, 1.807) is 24.3 Å². The SMILES string of the molecule is C[C@@H](NC(=O)c1ccc(-c2ccc(F)cc2)o1)c1ccc2c(c1)CCC(=O)N2. The molecule has 1 aromatic heterocycles. The molecule has 4 rings (SSSR count). The van der Waals surface area contributed by atoms with Crippen LogP contribution in [0.25, 0.3) is 11.3 Å². The van der Waals surface area contributed by atoms with E-state index in [1.807, 2.05) is 25.1 Å². The molecule has 0 fully saturated rings. The summed E-state index contributed by atoms with van der Waals surface area (Å²) >= 11 is 0. The number of halogens is 1. The van der Waals surface area contributed by atoms with Crippen LogP contribution in [0, 0.1) is 5.82 Å². The lowest BCUT2D eigenvalue weighted by molar-refractivity contribution is -0.116. The molecule has 2 amide bonds. The van der Waals surface area contributed by atoms with Crippen LogP contribution >= 0.6 is 0 Å². The van der Waals surface area contributed by atoms with Gasteiger partial charge in [0.2, 0.25) is 5.91 Å². The lowest BCUT2D eigenvalue weighted by Gasteiger charge is -2.20. The van der Waals surface area contributed by atoms with Crippen molar-refractivity contribution >= 4 is 17.5 Å². The van der Waals surface area contributed by atoms with E-state index in [4.69, 9.17) is 4.42 Å². The van der Waals surface area contributed by atoms with Crippen LogP contribution < -0.4 is 10.6 Å². The van der Waals surface area contributed by atoms with Gasteiger partial charge in [-0.25, -0.2) is 4.39 Å². The number of carbonyl (C=O) groups is 2. The fourth-order valence-electron chi connectivity index (χ4n) is 3.25. The summed E-state index contributed by atoms with van der Waals surface area (Å²) in [5.41, 5.74) is 3.54. The van der Waals surface area contributed by atoms with Crippen molar-refractivity contribution in [2.45, 2.75) is 25.8 Å². The van der Waals surface area contributed by atoms with Crippen molar-refractivity contribution in [3.05, 3.63) is 77.3 Å². The normalized spacial score (nSPS) is 14.1. The van der Waals surface area contributed by atoms with Crippen molar-refractivity contribution in [3.8, 4) is 11.3 Å². The highest BCUT2D eigenvalue weighted by Gasteiger charge is 2.19. The van der Waals surface area contributed by atoms with Gasteiger partial charge in [0.15, 0.2) is 5.76 Å². The zero-order valence-electron chi connectivity index (χ0n) is 15.3. The van der Waals surface area contributed by atoms with Gasteiger partial charge in [0.1, 0.15) is 11.6 Å². The average molecular weight is 378 g/mol. The molecule has 1 aliphatic rings. The summed E-state index contributed by atoms with van der Waals surface area (Å²) in [7, 11) is 0. The topological polar surface area (TPSA) is 71.3 Å². The Kier molecular flexibility index (Phi) is 4.69. The Morgan fingerprint density at radius 2 is 1.89 bits per heavy atom. The summed E-state index contributed by atoms with van der Waals surface area (Å²) in [6.07, 6.45) is 1.16. The highest BCUT2D eigenvalue weighted by molar-refractivity contribution is 5.94. The summed E-state index contributed by atoms with van der Waals surface area (Å²) in [5.74, 6) is 0.0636. The standard InChI is InChI=1S/C22H19FN2O3/c1-13(15-4-8-18-16(12-15)5-11-21(26)25-18)24-22(27)20-10-9-19(28-20)14-2-6-17(23)7-3-14/h2-4,6-10,12-13H,5,11H2,1H3,(H,24,27)(H,25,26)/t13-/m1/s1. The minimum atomic E-state index is -0.327. The molecule has 0 saturated heterocycles. The summed E-state index contributed by atoms with van der Waals surface area (Å²) in [6, 6.07) is 14.7. The number of furan rings is 1. The van der Waals surface area contributed by atoms with Crippen molar-refractivity contribution in [3.63, 3.8) is 0 Å². The first-order valence-electron chi connectivity index (χ1n) is 9.09. The van der Waals surface area contributed by atoms with Crippen LogP contribution in [0.3, 0.4) is 0 Å². The van der Waals surface area contributed by atoms with E-state index in [-0.39, 0.29) is 29.4 Å². The summed E-state index contributed by atoms with van der Waals surface area (Å²) in [6.45, 7) is 1.89. The summed E-state index contributed by atoms with van der Waals surface area (Å²) < 4.78 is 18.7. The first-order valence-corrected chi connectivity index (χ1v) is 9.09. The molecule has 0 saturated carbocycles. The third-order valence-corrected chi connectivity index (χ3v) is 4.83. The van der Waals surface area contributed by atoms with Gasteiger partial charge in [-0.1, -0.05) is 12.1 Å². The van der Waals surface area contributed by atoms with E-state index in [9.17, 15) is 14.0 Å². The quantitative estimate of drug-likeness (QED) is 0.704. The average Bonchev–Trinajstić information content (AvgIpc) is 3.18. The summed E-state index contributed by atoms with van der Waals surface area (Å²) in [5, 5.41) is 5.77. The van der Waals surface area contributed by atoms with Gasteiger partial charge in [-0.3, -0.25) is 9.59 Å². The van der Waals surface area contributed by atoms with Crippen molar-refractivity contribution < 1.29 is 18.4 Å². The lowest BCUT2D eigenvalue weighted by atomic mass is 9.98. The van der Waals surface area contributed by atoms with Crippen molar-refractivity contribution in [2.75, 3.05) is 5.32 Å². The molecule has 5 nitrogen and oxygen atoms in total. The van der Waals surface area contributed by atoms with E-state index in [1.165, 1.54) is 12.1 Å². The molecule has 3 aromatic rings. The second-order valence-electron chi connectivity index (χ2n) is 6.83. The highest BCUT2D eigenvalue weighted by atomic mass is 19.1. The molecule has 142 valence electrons. The number of hydrogen-bond donors (Lipinski definition) is 2. The minimum absolute atomic E-state index is 0.0244. The zero-order valence-corrected chi connectivity index (χ0v) is 15.3. The Hall–Kier alpha value is -3.41. The van der Waals surface area contributed by atoms with Crippen LogP contribution in [0.1, 0.15) is 41.1 Å². The smallest absolute Gasteiger partial charge is 0.287 e. The van der Waals surface area contributed by atoms with E-state index < -0.39 is 0 Å². The Bertz CT molecular complexity index is 1040. The fraction of sp³-hybridized carbons (Fsp3) is 0.182. The van der Waals surface area contributed by atoms with Crippen molar-refractivity contribution in [1.82, 2.24) is 5.32 Å². The van der Waals surface area contributed by atoms with Gasteiger partial charge in [0, 0.05) is 17.7 Å². The molecule has 0 bridgehead atoms. The van der Waals surface area contributed by atoms with Crippen LogP contribution in [-0.4, -0.2) is 11.8 Å². The maximum absolute atomic E-state index is 13.0. The van der Waals surface area contributed by atoms with Gasteiger partial charge in [0.25, 0.3) is 5.91 Å². The van der Waals surface area contributed by atoms with Crippen molar-refractivity contribution in [1.29, 1.82) is 0 Å². The Morgan fingerprint density at radius 3 is 2.68 bits per heavy atom. The van der Waals surface area contributed by atoms with E-state index in [2.05, 4.69) is 10.6 Å². The molecule has 0 unspecified atom stereocenters. The van der Waals surface area contributed by atoms with E-state index in [0.29, 0.717) is 24.2 Å². The van der Waals surface area contributed by atoms with Gasteiger partial charge in [-0.2, -0.15) is 0 Å². The number of hydrogen-bond acceptors (Lipinski definition) is 3. The number of anilines is 1. The van der Waals surface area contributed by atoms with Crippen LogP contribution in [-0.2, 0) is 11.2 Å². The molecule has 6 heteroatoms. The van der Waals surface area contributed by atoms with Crippen LogP contribution in [0.4, 0.5) is 10.1 Å². The molecule has 1 aliphatic heterocycles. The number of amides is 2. The summed E-state index contributed by atoms with van der Waals surface area (Å²) in [4.78, 5) is 24.0. The Morgan fingerprint density at radius 1 is 1.11 bits per heavy atom. The molecule has 28 heavy (non-hydrogen) atoms. The lowest BCUT2D eigenvalue weighted by Crippen LogP contribution is -2.26. The molecule has 0 radical (unpaired) electrons. The maximum Gasteiger partial charge on any atom is 0.287 e. The van der Waals surface area contributed by atoms with Crippen molar-refractivity contribution in [2.24, 2.45) is 0 Å². The zero-order chi connectivity index (χ0) is 19.7. The number of rotatable bonds is 4. The van der Waals surface area contributed by atoms with Crippen LogP contribution in [0.15, 0.2) is 59.0 Å². The predicted molar refractivity (Wildman–Crippen MR) is 103 cm³/mol. The Balaban J connectivity index is 1.46. The third kappa shape index (κ3) is 3.67. The molecule has 1 atom stereocenters. The van der Waals surface area contributed by atoms with Gasteiger partial charge in [-0.15, -0.1) is 0 Å². The Labute approximate surface area is 161 Å². The maximum atomic E-state index is 13.0. The largest absolute Gasteiger partial charge is 0.451 e. The highest BCUT2D eigenvalue weighted by Crippen LogP contribution is 2.27. The third-order valence-electron chi connectivity index (χ3n) is 4.83. The first-order chi connectivity index (χ1) is 13.5. The molecule has 2 aromatic carbocycles. The number of fused-ring (bicyclic) bond motifs is 1. The second-order valence-corrected chi connectivity index (χ2v) is 6.83. The molecule has 2 heterocycles. The van der Waals surface area contributed by atoms with Gasteiger partial charge < -0.3 is 15.1 Å². The predicted octanol–water partition coefficient (Wildman–Crippen LogP) is 4.46. The monoisotopic (exact) mass is 378 g/mol. The van der Waals surface area contributed by atoms with Crippen LogP contribution in [0.2, 0.25) is 0 Å². The molecular formula is C22H19FN2O3. The van der Waals surface area contributed by atoms with Gasteiger partial charge >= 0.3 is 0 Å². The fourth-order valence-corrected chi connectivity index (χ4v) is 3.25. The van der Waals surface area contributed by atoms with Gasteiger partial charge in [0.05, 0.1) is 6.04 Å². The molecular weight excluding hydrogens is 359 g/mol. The van der Waals surface area contributed by atoms with E-state index >= 15 is 0 Å². The number of nitrogens with one attached hydrogen (secondary N) is 2. The minimum Gasteiger partial charge on any atom is -0.451 e. The molecule has 0 aliphatic carbocycles. The second kappa shape index (κ2) is 7.31. The number of carbonyl (C=O) groups excluding carboxylic acids is 2. The number of benzene rings is 2.